The van der Waals surface area contributed by atoms with Gasteiger partial charge in [-0.05, 0) is 42.5 Å². The van der Waals surface area contributed by atoms with Crippen molar-refractivity contribution in [2.24, 2.45) is 17.3 Å². The summed E-state index contributed by atoms with van der Waals surface area (Å²) in [6.07, 6.45) is 1.99. The van der Waals surface area contributed by atoms with Gasteiger partial charge >= 0.3 is 0 Å². The third-order valence-electron chi connectivity index (χ3n) is 6.69. The third-order valence-corrected chi connectivity index (χ3v) is 6.69. The van der Waals surface area contributed by atoms with Crippen LogP contribution >= 0.6 is 0 Å². The van der Waals surface area contributed by atoms with Gasteiger partial charge in [-0.2, -0.15) is 15.8 Å². The van der Waals surface area contributed by atoms with Crippen molar-refractivity contribution in [3.8, 4) is 18.2 Å². The van der Waals surface area contributed by atoms with Crippen molar-refractivity contribution in [2.45, 2.75) is 45.6 Å². The molecule has 0 aromatic heterocycles. The lowest BCUT2D eigenvalue weighted by Crippen LogP contribution is -3.16. The Hall–Kier alpha value is -2.94. The number of hydrogen-bond donors (Lipinski definition) is 2. The SMILES string of the molecule is CC(C)c1ccc([C@@H]2C(C#N)C(=N)C(C#N)(C#N)C3=CC[NH+](C(C)C)C[C@H]32)cc1. The van der Waals surface area contributed by atoms with Crippen molar-refractivity contribution in [1.82, 2.24) is 0 Å². The number of nitrogens with one attached hydrogen (secondary N) is 2. The minimum Gasteiger partial charge on any atom is -0.329 e. The molecule has 148 valence electrons. The fraction of sp³-hybridized carbons (Fsp3) is 0.500. The molecule has 0 bridgehead atoms. The molecule has 0 radical (unpaired) electrons. The first-order chi connectivity index (χ1) is 13.8. The van der Waals surface area contributed by atoms with Gasteiger partial charge in [-0.15, -0.1) is 0 Å². The molecule has 0 saturated heterocycles. The van der Waals surface area contributed by atoms with Crippen LogP contribution in [0.15, 0.2) is 35.9 Å². The number of rotatable bonds is 3. The van der Waals surface area contributed by atoms with Crippen molar-refractivity contribution in [3.05, 3.63) is 47.0 Å². The molecule has 2 aliphatic rings. The van der Waals surface area contributed by atoms with Crippen molar-refractivity contribution in [1.29, 1.82) is 21.2 Å². The Kier molecular flexibility index (Phi) is 5.61. The fourth-order valence-corrected chi connectivity index (χ4v) is 4.84. The van der Waals surface area contributed by atoms with Gasteiger partial charge in [0.2, 0.25) is 5.41 Å². The highest BCUT2D eigenvalue weighted by Gasteiger charge is 2.57. The number of nitriles is 3. The van der Waals surface area contributed by atoms with E-state index in [0.29, 0.717) is 12.0 Å². The van der Waals surface area contributed by atoms with Crippen LogP contribution in [0.3, 0.4) is 0 Å². The highest BCUT2D eigenvalue weighted by molar-refractivity contribution is 6.01. The normalized spacial score (nSPS) is 28.1. The van der Waals surface area contributed by atoms with Crippen LogP contribution in [0.25, 0.3) is 0 Å². The molecule has 1 aliphatic heterocycles. The van der Waals surface area contributed by atoms with E-state index >= 15 is 0 Å². The Balaban J connectivity index is 2.17. The van der Waals surface area contributed by atoms with E-state index in [-0.39, 0.29) is 17.5 Å². The second-order valence-corrected chi connectivity index (χ2v) is 8.83. The average Bonchev–Trinajstić information content (AvgIpc) is 2.73. The van der Waals surface area contributed by atoms with E-state index in [1.54, 1.807) is 0 Å². The molecule has 0 amide bonds. The van der Waals surface area contributed by atoms with Crippen LogP contribution in [0.2, 0.25) is 0 Å². The van der Waals surface area contributed by atoms with Crippen LogP contribution in [0.4, 0.5) is 0 Å². The van der Waals surface area contributed by atoms with Gasteiger partial charge in [0.1, 0.15) is 0 Å². The summed E-state index contributed by atoms with van der Waals surface area (Å²) >= 11 is 0. The Morgan fingerprint density at radius 2 is 1.69 bits per heavy atom. The van der Waals surface area contributed by atoms with E-state index < -0.39 is 11.3 Å². The smallest absolute Gasteiger partial charge is 0.203 e. The minimum atomic E-state index is -1.62. The molecule has 5 heteroatoms. The maximum absolute atomic E-state index is 9.99. The molecule has 1 aliphatic carbocycles. The summed E-state index contributed by atoms with van der Waals surface area (Å²) in [5, 5.41) is 38.5. The van der Waals surface area contributed by atoms with E-state index in [1.807, 2.05) is 6.08 Å². The second kappa shape index (κ2) is 7.82. The van der Waals surface area contributed by atoms with Gasteiger partial charge in [0.15, 0.2) is 0 Å². The minimum absolute atomic E-state index is 0.0709. The highest BCUT2D eigenvalue weighted by atomic mass is 15.2. The van der Waals surface area contributed by atoms with Gasteiger partial charge in [-0.1, -0.05) is 38.1 Å². The number of nitrogens with zero attached hydrogens (tertiary/aromatic N) is 3. The van der Waals surface area contributed by atoms with Crippen LogP contribution in [0, 0.1) is 56.7 Å². The largest absolute Gasteiger partial charge is 0.329 e. The zero-order chi connectivity index (χ0) is 21.3. The van der Waals surface area contributed by atoms with Gasteiger partial charge in [-0.3, -0.25) is 0 Å². The first-order valence-corrected chi connectivity index (χ1v) is 10.3. The molecule has 5 nitrogen and oxygen atoms in total. The summed E-state index contributed by atoms with van der Waals surface area (Å²) in [6.45, 7) is 10.1. The monoisotopic (exact) mass is 386 g/mol. The standard InChI is InChI=1S/C24H27N5/c1-15(2)17-5-7-18(8-6-17)22-19(11-25)23(28)24(13-26,14-27)21-9-10-29(16(3)4)12-20(21)22/h5-9,15-16,19-20,22,28H,10,12H2,1-4H3/p+1/t19?,20-,22-/m1/s1. The van der Waals surface area contributed by atoms with E-state index in [2.05, 4.69) is 70.2 Å². The molecule has 1 heterocycles. The molecule has 1 fully saturated rings. The average molecular weight is 387 g/mol. The Morgan fingerprint density at radius 1 is 1.07 bits per heavy atom. The molecule has 1 aromatic carbocycles. The molecule has 2 unspecified atom stereocenters. The fourth-order valence-electron chi connectivity index (χ4n) is 4.84. The van der Waals surface area contributed by atoms with Crippen molar-refractivity contribution >= 4 is 5.71 Å². The van der Waals surface area contributed by atoms with Crippen molar-refractivity contribution in [2.75, 3.05) is 13.1 Å². The van der Waals surface area contributed by atoms with Crippen LogP contribution in [0.5, 0.6) is 0 Å². The Morgan fingerprint density at radius 3 is 2.17 bits per heavy atom. The van der Waals surface area contributed by atoms with Gasteiger partial charge in [0.25, 0.3) is 0 Å². The number of hydrogen-bond acceptors (Lipinski definition) is 4. The lowest BCUT2D eigenvalue weighted by molar-refractivity contribution is -0.920. The lowest BCUT2D eigenvalue weighted by atomic mass is 9.55. The van der Waals surface area contributed by atoms with Crippen LogP contribution in [-0.4, -0.2) is 24.8 Å². The predicted molar refractivity (Wildman–Crippen MR) is 111 cm³/mol. The van der Waals surface area contributed by atoms with Gasteiger partial charge in [-0.25, -0.2) is 0 Å². The molecular formula is C24H28N5+. The summed E-state index contributed by atoms with van der Waals surface area (Å²) in [5.74, 6) is -0.697. The summed E-state index contributed by atoms with van der Waals surface area (Å²) < 4.78 is 0. The molecule has 0 spiro atoms. The highest BCUT2D eigenvalue weighted by Crippen LogP contribution is 2.51. The van der Waals surface area contributed by atoms with Crippen LogP contribution in [-0.2, 0) is 0 Å². The third kappa shape index (κ3) is 3.25. The first-order valence-electron chi connectivity index (χ1n) is 10.3. The van der Waals surface area contributed by atoms with Gasteiger partial charge in [0, 0.05) is 11.8 Å². The predicted octanol–water partition coefficient (Wildman–Crippen LogP) is 2.95. The number of fused-ring (bicyclic) bond motifs is 1. The lowest BCUT2D eigenvalue weighted by Gasteiger charge is -2.46. The Bertz CT molecular complexity index is 935. The van der Waals surface area contributed by atoms with E-state index in [0.717, 1.165) is 24.2 Å². The maximum Gasteiger partial charge on any atom is 0.203 e. The van der Waals surface area contributed by atoms with E-state index in [4.69, 9.17) is 5.41 Å². The summed E-state index contributed by atoms with van der Waals surface area (Å²) in [6, 6.07) is 15.2. The zero-order valence-corrected chi connectivity index (χ0v) is 17.5. The molecule has 29 heavy (non-hydrogen) atoms. The zero-order valence-electron chi connectivity index (χ0n) is 17.5. The van der Waals surface area contributed by atoms with E-state index in [9.17, 15) is 15.8 Å². The number of benzene rings is 1. The van der Waals surface area contributed by atoms with Gasteiger partial charge in [0.05, 0.1) is 49.0 Å². The van der Waals surface area contributed by atoms with Crippen molar-refractivity contribution in [3.63, 3.8) is 0 Å². The van der Waals surface area contributed by atoms with E-state index in [1.165, 1.54) is 10.5 Å². The quantitative estimate of drug-likeness (QED) is 0.781. The van der Waals surface area contributed by atoms with Crippen molar-refractivity contribution < 1.29 is 4.90 Å². The topological polar surface area (TPSA) is 99.7 Å². The summed E-state index contributed by atoms with van der Waals surface area (Å²) in [4.78, 5) is 1.37. The van der Waals surface area contributed by atoms with Crippen LogP contribution < -0.4 is 4.90 Å². The molecule has 1 aromatic rings. The summed E-state index contributed by atoms with van der Waals surface area (Å²) in [5.41, 5.74) is 1.27. The molecule has 4 atom stereocenters. The first kappa shape index (κ1) is 20.8. The molecular weight excluding hydrogens is 358 g/mol. The molecule has 1 saturated carbocycles. The molecule has 2 N–H and O–H groups in total. The second-order valence-electron chi connectivity index (χ2n) is 8.83. The maximum atomic E-state index is 9.99. The summed E-state index contributed by atoms with van der Waals surface area (Å²) in [7, 11) is 0. The number of quaternary nitrogens is 1. The van der Waals surface area contributed by atoms with Crippen LogP contribution in [0.1, 0.15) is 50.7 Å². The Labute approximate surface area is 173 Å². The van der Waals surface area contributed by atoms with Gasteiger partial charge < -0.3 is 10.3 Å². The molecule has 3 rings (SSSR count).